The van der Waals surface area contributed by atoms with Gasteiger partial charge in [0.2, 0.25) is 0 Å². The minimum atomic E-state index is 1.24. The van der Waals surface area contributed by atoms with E-state index in [2.05, 4.69) is 38.3 Å². The van der Waals surface area contributed by atoms with Gasteiger partial charge in [-0.25, -0.2) is 0 Å². The summed E-state index contributed by atoms with van der Waals surface area (Å²) in [7, 11) is 0. The second-order valence-corrected chi connectivity index (χ2v) is 4.96. The third-order valence-corrected chi connectivity index (χ3v) is 3.67. The van der Waals surface area contributed by atoms with E-state index in [4.69, 9.17) is 0 Å². The number of rotatable bonds is 6. The highest BCUT2D eigenvalue weighted by Gasteiger charge is 1.99. The van der Waals surface area contributed by atoms with Crippen LogP contribution >= 0.6 is 11.8 Å². The second kappa shape index (κ2) is 6.95. The highest BCUT2D eigenvalue weighted by Crippen LogP contribution is 2.22. The minimum Gasteiger partial charge on any atom is -0.129 e. The first kappa shape index (κ1) is 12.6. The van der Waals surface area contributed by atoms with Gasteiger partial charge >= 0.3 is 0 Å². The van der Waals surface area contributed by atoms with Gasteiger partial charge in [0.05, 0.1) is 0 Å². The molecular weight excluding hydrogens is 200 g/mol. The summed E-state index contributed by atoms with van der Waals surface area (Å²) in [5, 5.41) is 0. The fourth-order valence-corrected chi connectivity index (χ4v) is 2.44. The Morgan fingerprint density at radius 3 is 2.60 bits per heavy atom. The van der Waals surface area contributed by atoms with Crippen molar-refractivity contribution in [1.29, 1.82) is 0 Å². The van der Waals surface area contributed by atoms with Crippen LogP contribution in [0, 0.1) is 6.92 Å². The summed E-state index contributed by atoms with van der Waals surface area (Å²) in [4.78, 5) is 1.43. The summed E-state index contributed by atoms with van der Waals surface area (Å²) >= 11 is 1.85. The van der Waals surface area contributed by atoms with E-state index < -0.39 is 0 Å². The predicted octanol–water partition coefficient (Wildman–Crippen LogP) is 4.84. The smallest absolute Gasteiger partial charge is 0.0101 e. The number of hydrogen-bond donors (Lipinski definition) is 0. The molecule has 1 rings (SSSR count). The standard InChI is InChI=1S/C14H22S/c1-4-5-6-7-8-13-10-9-12(2)14(11-13)15-3/h9-11H,4-8H2,1-3H3. The van der Waals surface area contributed by atoms with E-state index in [0.717, 1.165) is 0 Å². The molecule has 0 aromatic heterocycles. The molecule has 0 saturated carbocycles. The quantitative estimate of drug-likeness (QED) is 0.490. The molecule has 0 fully saturated rings. The van der Waals surface area contributed by atoms with Crippen LogP contribution in [0.15, 0.2) is 23.1 Å². The molecule has 0 unspecified atom stereocenters. The van der Waals surface area contributed by atoms with Gasteiger partial charge in [-0.15, -0.1) is 11.8 Å². The molecule has 0 nitrogen and oxygen atoms in total. The maximum atomic E-state index is 2.35. The van der Waals surface area contributed by atoms with E-state index in [1.54, 1.807) is 0 Å². The zero-order valence-electron chi connectivity index (χ0n) is 10.2. The maximum Gasteiger partial charge on any atom is 0.0101 e. The molecule has 0 bridgehead atoms. The van der Waals surface area contributed by atoms with Gasteiger partial charge < -0.3 is 0 Å². The summed E-state index contributed by atoms with van der Waals surface area (Å²) in [6.07, 6.45) is 8.81. The molecule has 0 atom stereocenters. The third kappa shape index (κ3) is 4.29. The van der Waals surface area contributed by atoms with Gasteiger partial charge in [-0.2, -0.15) is 0 Å². The normalized spacial score (nSPS) is 10.6. The van der Waals surface area contributed by atoms with E-state index in [1.165, 1.54) is 48.1 Å². The van der Waals surface area contributed by atoms with Gasteiger partial charge in [-0.3, -0.25) is 0 Å². The van der Waals surface area contributed by atoms with Crippen molar-refractivity contribution in [2.24, 2.45) is 0 Å². The molecule has 1 heteroatoms. The van der Waals surface area contributed by atoms with Gasteiger partial charge in [-0.1, -0.05) is 38.3 Å². The summed E-state index contributed by atoms with van der Waals surface area (Å²) in [5.41, 5.74) is 2.90. The maximum absolute atomic E-state index is 2.35. The monoisotopic (exact) mass is 222 g/mol. The first-order chi connectivity index (χ1) is 7.27. The molecule has 15 heavy (non-hydrogen) atoms. The average Bonchev–Trinajstić information content (AvgIpc) is 2.26. The first-order valence-corrected chi connectivity index (χ1v) is 7.14. The minimum absolute atomic E-state index is 1.24. The number of thioether (sulfide) groups is 1. The van der Waals surface area contributed by atoms with Crippen LogP contribution in [0.4, 0.5) is 0 Å². The topological polar surface area (TPSA) is 0 Å². The molecule has 0 aliphatic rings. The fraction of sp³-hybridized carbons (Fsp3) is 0.571. The van der Waals surface area contributed by atoms with Crippen molar-refractivity contribution in [3.8, 4) is 0 Å². The van der Waals surface area contributed by atoms with Crippen molar-refractivity contribution in [3.63, 3.8) is 0 Å². The van der Waals surface area contributed by atoms with Crippen LogP contribution in [0.5, 0.6) is 0 Å². The van der Waals surface area contributed by atoms with Crippen molar-refractivity contribution < 1.29 is 0 Å². The lowest BCUT2D eigenvalue weighted by molar-refractivity contribution is 0.666. The Balaban J connectivity index is 2.47. The zero-order valence-corrected chi connectivity index (χ0v) is 11.0. The number of hydrogen-bond acceptors (Lipinski definition) is 1. The van der Waals surface area contributed by atoms with Crippen LogP contribution in [0.3, 0.4) is 0 Å². The lowest BCUT2D eigenvalue weighted by atomic mass is 10.1. The number of unbranched alkanes of at least 4 members (excludes halogenated alkanes) is 3. The van der Waals surface area contributed by atoms with Gasteiger partial charge in [0.25, 0.3) is 0 Å². The Labute approximate surface area is 98.5 Å². The average molecular weight is 222 g/mol. The Morgan fingerprint density at radius 1 is 1.13 bits per heavy atom. The fourth-order valence-electron chi connectivity index (χ4n) is 1.78. The molecule has 0 aliphatic heterocycles. The summed E-state index contributed by atoms with van der Waals surface area (Å²) < 4.78 is 0. The molecule has 0 heterocycles. The molecule has 1 aromatic rings. The molecule has 1 aromatic carbocycles. The molecule has 0 spiro atoms. The second-order valence-electron chi connectivity index (χ2n) is 4.11. The summed E-state index contributed by atoms with van der Waals surface area (Å²) in [6.45, 7) is 4.45. The van der Waals surface area contributed by atoms with Crippen LogP contribution in [-0.2, 0) is 6.42 Å². The van der Waals surface area contributed by atoms with E-state index in [0.29, 0.717) is 0 Å². The van der Waals surface area contributed by atoms with Crippen LogP contribution in [-0.4, -0.2) is 6.26 Å². The predicted molar refractivity (Wildman–Crippen MR) is 70.8 cm³/mol. The van der Waals surface area contributed by atoms with E-state index in [9.17, 15) is 0 Å². The number of benzene rings is 1. The lowest BCUT2D eigenvalue weighted by Gasteiger charge is -2.06. The van der Waals surface area contributed by atoms with Gasteiger partial charge in [0, 0.05) is 4.90 Å². The highest BCUT2D eigenvalue weighted by molar-refractivity contribution is 7.98. The van der Waals surface area contributed by atoms with E-state index in [-0.39, 0.29) is 0 Å². The Hall–Kier alpha value is -0.430. The van der Waals surface area contributed by atoms with Crippen LogP contribution in [0.2, 0.25) is 0 Å². The summed E-state index contributed by atoms with van der Waals surface area (Å²) in [5.74, 6) is 0. The zero-order chi connectivity index (χ0) is 11.1. The van der Waals surface area contributed by atoms with Crippen molar-refractivity contribution in [1.82, 2.24) is 0 Å². The van der Waals surface area contributed by atoms with Crippen LogP contribution < -0.4 is 0 Å². The van der Waals surface area contributed by atoms with Crippen molar-refractivity contribution in [3.05, 3.63) is 29.3 Å². The third-order valence-electron chi connectivity index (χ3n) is 2.79. The molecular formula is C14H22S. The van der Waals surface area contributed by atoms with Crippen LogP contribution in [0.1, 0.15) is 43.7 Å². The van der Waals surface area contributed by atoms with Gasteiger partial charge in [-0.05, 0) is 43.2 Å². The molecule has 84 valence electrons. The van der Waals surface area contributed by atoms with Crippen LogP contribution in [0.25, 0.3) is 0 Å². The van der Waals surface area contributed by atoms with Crippen molar-refractivity contribution in [2.75, 3.05) is 6.26 Å². The van der Waals surface area contributed by atoms with Gasteiger partial charge in [0.15, 0.2) is 0 Å². The largest absolute Gasteiger partial charge is 0.129 e. The molecule has 0 saturated heterocycles. The Bertz CT molecular complexity index is 291. The molecule has 0 amide bonds. The van der Waals surface area contributed by atoms with Gasteiger partial charge in [0.1, 0.15) is 0 Å². The highest BCUT2D eigenvalue weighted by atomic mass is 32.2. The Kier molecular flexibility index (Phi) is 5.85. The Morgan fingerprint density at radius 2 is 1.93 bits per heavy atom. The first-order valence-electron chi connectivity index (χ1n) is 5.91. The molecule has 0 aliphatic carbocycles. The number of aryl methyl sites for hydroxylation is 2. The molecule has 0 N–H and O–H groups in total. The lowest BCUT2D eigenvalue weighted by Crippen LogP contribution is -1.88. The SMILES string of the molecule is CCCCCCc1ccc(C)c(SC)c1. The van der Waals surface area contributed by atoms with E-state index >= 15 is 0 Å². The summed E-state index contributed by atoms with van der Waals surface area (Å²) in [6, 6.07) is 6.88. The van der Waals surface area contributed by atoms with E-state index in [1.807, 2.05) is 11.8 Å². The molecule has 0 radical (unpaired) electrons. The van der Waals surface area contributed by atoms with Crippen molar-refractivity contribution in [2.45, 2.75) is 50.8 Å². The van der Waals surface area contributed by atoms with Crippen molar-refractivity contribution >= 4 is 11.8 Å².